The van der Waals surface area contributed by atoms with Crippen LogP contribution in [0.2, 0.25) is 0 Å². The van der Waals surface area contributed by atoms with E-state index in [2.05, 4.69) is 25.3 Å². The fourth-order valence-corrected chi connectivity index (χ4v) is 5.00. The minimum Gasteiger partial charge on any atom is -0.497 e. The van der Waals surface area contributed by atoms with Gasteiger partial charge in [0, 0.05) is 42.1 Å². The van der Waals surface area contributed by atoms with Crippen molar-refractivity contribution in [2.24, 2.45) is 5.92 Å². The normalized spacial score (nSPS) is 16.2. The van der Waals surface area contributed by atoms with E-state index in [1.807, 2.05) is 30.3 Å². The minimum atomic E-state index is -0.0473. The number of fused-ring (bicyclic) bond motifs is 1. The highest BCUT2D eigenvalue weighted by Crippen LogP contribution is 2.35. The molecule has 2 aliphatic heterocycles. The van der Waals surface area contributed by atoms with E-state index in [1.54, 1.807) is 25.2 Å². The molecule has 9 heteroatoms. The number of methoxy groups -OCH3 is 1. The van der Waals surface area contributed by atoms with Gasteiger partial charge in [-0.05, 0) is 37.1 Å². The van der Waals surface area contributed by atoms with E-state index in [0.29, 0.717) is 5.88 Å². The molecule has 0 atom stereocenters. The van der Waals surface area contributed by atoms with Crippen molar-refractivity contribution in [3.05, 3.63) is 47.9 Å². The number of ether oxygens (including phenoxy) is 1. The van der Waals surface area contributed by atoms with E-state index in [0.717, 1.165) is 71.5 Å². The molecule has 5 rings (SSSR count). The summed E-state index contributed by atoms with van der Waals surface area (Å²) in [5, 5.41) is 7.00. The lowest BCUT2D eigenvalue weighted by Gasteiger charge is -2.32. The van der Waals surface area contributed by atoms with Crippen LogP contribution in [0.1, 0.15) is 24.1 Å². The van der Waals surface area contributed by atoms with Gasteiger partial charge in [-0.25, -0.2) is 9.97 Å². The molecular formula is C22H23N5O3S. The molecule has 0 spiro atoms. The summed E-state index contributed by atoms with van der Waals surface area (Å²) in [6, 6.07) is 9.81. The number of aromatic nitrogens is 3. The predicted octanol–water partition coefficient (Wildman–Crippen LogP) is 3.74. The van der Waals surface area contributed by atoms with Gasteiger partial charge >= 0.3 is 0 Å². The van der Waals surface area contributed by atoms with Gasteiger partial charge in [-0.2, -0.15) is 11.8 Å². The standard InChI is InChI=1S/C22H23N5O3S/c1-29-16-4-2-14(3-5-16)18-10-20(24-13-23-18)27-8-6-15(7-9-27)21(28)25-22-17-11-31-12-19(17)26-30-22/h2-5,10,13,15H,6-9,11-12H2,1H3,(H,25,28). The summed E-state index contributed by atoms with van der Waals surface area (Å²) in [6.45, 7) is 1.53. The first-order valence-electron chi connectivity index (χ1n) is 10.3. The second-order valence-corrected chi connectivity index (χ2v) is 8.66. The summed E-state index contributed by atoms with van der Waals surface area (Å²) in [4.78, 5) is 23.8. The zero-order valence-corrected chi connectivity index (χ0v) is 18.0. The average molecular weight is 438 g/mol. The van der Waals surface area contributed by atoms with Gasteiger partial charge in [0.25, 0.3) is 0 Å². The Balaban J connectivity index is 1.21. The summed E-state index contributed by atoms with van der Waals surface area (Å²) in [6.07, 6.45) is 3.12. The lowest BCUT2D eigenvalue weighted by molar-refractivity contribution is -0.120. The monoisotopic (exact) mass is 437 g/mol. The zero-order valence-electron chi connectivity index (χ0n) is 17.2. The second kappa shape index (κ2) is 8.58. The fraction of sp³-hybridized carbons (Fsp3) is 0.364. The molecule has 160 valence electrons. The van der Waals surface area contributed by atoms with Crippen molar-refractivity contribution in [3.8, 4) is 17.0 Å². The lowest BCUT2D eigenvalue weighted by atomic mass is 9.96. The number of nitrogens with zero attached hydrogens (tertiary/aromatic N) is 4. The van der Waals surface area contributed by atoms with Crippen molar-refractivity contribution in [2.45, 2.75) is 24.3 Å². The van der Waals surface area contributed by atoms with Gasteiger partial charge in [-0.15, -0.1) is 0 Å². The maximum Gasteiger partial charge on any atom is 0.235 e. The third-order valence-electron chi connectivity index (χ3n) is 5.82. The van der Waals surface area contributed by atoms with Crippen LogP contribution in [0, 0.1) is 5.92 Å². The SMILES string of the molecule is COc1ccc(-c2cc(N3CCC(C(=O)Nc4onc5c4CSC5)CC3)ncn2)cc1. The topological polar surface area (TPSA) is 93.4 Å². The molecule has 0 radical (unpaired) electrons. The van der Waals surface area contributed by atoms with E-state index >= 15 is 0 Å². The number of carbonyl (C=O) groups excluding carboxylic acids is 1. The highest BCUT2D eigenvalue weighted by atomic mass is 32.2. The van der Waals surface area contributed by atoms with Crippen LogP contribution >= 0.6 is 11.8 Å². The number of benzene rings is 1. The highest BCUT2D eigenvalue weighted by Gasteiger charge is 2.29. The van der Waals surface area contributed by atoms with E-state index in [9.17, 15) is 4.79 Å². The van der Waals surface area contributed by atoms with Gasteiger partial charge in [0.2, 0.25) is 11.8 Å². The van der Waals surface area contributed by atoms with Gasteiger partial charge in [-0.1, -0.05) is 5.16 Å². The maximum atomic E-state index is 12.7. The third-order valence-corrected chi connectivity index (χ3v) is 6.79. The first-order chi connectivity index (χ1) is 15.2. The van der Waals surface area contributed by atoms with E-state index < -0.39 is 0 Å². The number of nitrogens with one attached hydrogen (secondary N) is 1. The Morgan fingerprint density at radius 1 is 1.19 bits per heavy atom. The predicted molar refractivity (Wildman–Crippen MR) is 119 cm³/mol. The quantitative estimate of drug-likeness (QED) is 0.645. The lowest BCUT2D eigenvalue weighted by Crippen LogP contribution is -2.38. The van der Waals surface area contributed by atoms with Crippen molar-refractivity contribution >= 4 is 29.4 Å². The van der Waals surface area contributed by atoms with Crippen molar-refractivity contribution < 1.29 is 14.1 Å². The molecule has 1 saturated heterocycles. The van der Waals surface area contributed by atoms with E-state index in [4.69, 9.17) is 9.26 Å². The number of thioether (sulfide) groups is 1. The van der Waals surface area contributed by atoms with Crippen LogP contribution in [0.4, 0.5) is 11.7 Å². The summed E-state index contributed by atoms with van der Waals surface area (Å²) in [5.41, 5.74) is 3.86. The van der Waals surface area contributed by atoms with Crippen LogP contribution in [0.3, 0.4) is 0 Å². The van der Waals surface area contributed by atoms with Crippen LogP contribution in [-0.2, 0) is 16.3 Å². The molecule has 4 heterocycles. The van der Waals surface area contributed by atoms with Crippen LogP contribution < -0.4 is 15.0 Å². The minimum absolute atomic E-state index is 0.0112. The number of carbonyl (C=O) groups is 1. The van der Waals surface area contributed by atoms with Gasteiger partial charge in [-0.3, -0.25) is 10.1 Å². The fourth-order valence-electron chi connectivity index (χ4n) is 3.98. The van der Waals surface area contributed by atoms with Gasteiger partial charge in [0.05, 0.1) is 24.1 Å². The Bertz CT molecular complexity index is 1080. The zero-order chi connectivity index (χ0) is 21.2. The molecule has 1 amide bonds. The van der Waals surface area contributed by atoms with Crippen molar-refractivity contribution in [3.63, 3.8) is 0 Å². The van der Waals surface area contributed by atoms with Crippen LogP contribution in [-0.4, -0.2) is 41.2 Å². The number of anilines is 2. The van der Waals surface area contributed by atoms with Crippen LogP contribution in [0.5, 0.6) is 5.75 Å². The molecule has 0 aliphatic carbocycles. The molecule has 0 saturated carbocycles. The van der Waals surface area contributed by atoms with E-state index in [-0.39, 0.29) is 11.8 Å². The molecular weight excluding hydrogens is 414 g/mol. The van der Waals surface area contributed by atoms with Crippen molar-refractivity contribution in [1.82, 2.24) is 15.1 Å². The van der Waals surface area contributed by atoms with Gasteiger partial charge < -0.3 is 14.2 Å². The molecule has 31 heavy (non-hydrogen) atoms. The summed E-state index contributed by atoms with van der Waals surface area (Å²) in [7, 11) is 1.65. The van der Waals surface area contributed by atoms with Crippen molar-refractivity contribution in [2.75, 3.05) is 30.4 Å². The molecule has 1 N–H and O–H groups in total. The molecule has 0 bridgehead atoms. The molecule has 8 nitrogen and oxygen atoms in total. The Hall–Kier alpha value is -3.07. The number of amides is 1. The first kappa shape index (κ1) is 19.9. The first-order valence-corrected chi connectivity index (χ1v) is 11.4. The maximum absolute atomic E-state index is 12.7. The molecule has 2 aromatic heterocycles. The Labute approximate surface area is 184 Å². The van der Waals surface area contributed by atoms with Gasteiger partial charge in [0.1, 0.15) is 17.9 Å². The largest absolute Gasteiger partial charge is 0.497 e. The molecule has 3 aromatic rings. The number of hydrogen-bond donors (Lipinski definition) is 1. The third kappa shape index (κ3) is 4.10. The van der Waals surface area contributed by atoms with Crippen LogP contribution in [0.25, 0.3) is 11.3 Å². The second-order valence-electron chi connectivity index (χ2n) is 7.67. The number of piperidine rings is 1. The Morgan fingerprint density at radius 3 is 2.77 bits per heavy atom. The smallest absolute Gasteiger partial charge is 0.235 e. The summed E-state index contributed by atoms with van der Waals surface area (Å²) in [5.74, 6) is 3.87. The molecule has 0 unspecified atom stereocenters. The summed E-state index contributed by atoms with van der Waals surface area (Å²) < 4.78 is 10.6. The Kier molecular flexibility index (Phi) is 5.50. The number of hydrogen-bond acceptors (Lipinski definition) is 8. The number of rotatable bonds is 5. The average Bonchev–Trinajstić information content (AvgIpc) is 3.44. The highest BCUT2D eigenvalue weighted by molar-refractivity contribution is 7.98. The van der Waals surface area contributed by atoms with Gasteiger partial charge in [0.15, 0.2) is 0 Å². The van der Waals surface area contributed by atoms with Crippen LogP contribution in [0.15, 0.2) is 41.2 Å². The molecule has 1 fully saturated rings. The molecule has 2 aliphatic rings. The Morgan fingerprint density at radius 2 is 2.00 bits per heavy atom. The van der Waals surface area contributed by atoms with Crippen molar-refractivity contribution in [1.29, 1.82) is 0 Å². The summed E-state index contributed by atoms with van der Waals surface area (Å²) >= 11 is 1.79. The molecule has 1 aromatic carbocycles. The van der Waals surface area contributed by atoms with E-state index in [1.165, 1.54) is 0 Å².